The van der Waals surface area contributed by atoms with Gasteiger partial charge in [-0.05, 0) is 61.0 Å². The predicted molar refractivity (Wildman–Crippen MR) is 137 cm³/mol. The number of benzene rings is 3. The molecule has 9 nitrogen and oxygen atoms in total. The number of nitrogens with one attached hydrogen (secondary N) is 2. The fraction of sp³-hybridized carbons (Fsp3) is 0.120. The van der Waals surface area contributed by atoms with Crippen LogP contribution in [0.5, 0.6) is 5.75 Å². The molecule has 0 fully saturated rings. The molecule has 3 rings (SSSR count). The zero-order valence-corrected chi connectivity index (χ0v) is 20.7. The summed E-state index contributed by atoms with van der Waals surface area (Å²) in [4.78, 5) is 48.3. The number of carboxylic acid groups (broad SMARTS) is 2. The van der Waals surface area contributed by atoms with Gasteiger partial charge in [0.2, 0.25) is 5.91 Å². The molecular weight excluding hydrogens is 508 g/mol. The second-order valence-corrected chi connectivity index (χ2v) is 8.94. The summed E-state index contributed by atoms with van der Waals surface area (Å²) in [6.07, 6.45) is 0. The maximum Gasteiger partial charge on any atom is 0.336 e. The first kappa shape index (κ1) is 26.6. The fourth-order valence-corrected chi connectivity index (χ4v) is 4.00. The van der Waals surface area contributed by atoms with E-state index in [0.717, 1.165) is 28.7 Å². The molecule has 0 saturated carbocycles. The summed E-state index contributed by atoms with van der Waals surface area (Å²) in [7, 11) is 1.49. The van der Waals surface area contributed by atoms with Gasteiger partial charge in [-0.3, -0.25) is 9.59 Å². The SMILES string of the molecule is COc1cc(Cl)c(C)cc1NC(=O)CSc1ccc(NC(=O)c2ccc(C(=O)O)cc2C(=O)O)cc1. The van der Waals surface area contributed by atoms with Gasteiger partial charge in [0, 0.05) is 21.7 Å². The Balaban J connectivity index is 1.62. The van der Waals surface area contributed by atoms with Crippen LogP contribution in [0.1, 0.15) is 36.6 Å². The van der Waals surface area contributed by atoms with Gasteiger partial charge in [-0.25, -0.2) is 9.59 Å². The molecule has 186 valence electrons. The summed E-state index contributed by atoms with van der Waals surface area (Å²) >= 11 is 7.37. The van der Waals surface area contributed by atoms with Gasteiger partial charge >= 0.3 is 11.9 Å². The van der Waals surface area contributed by atoms with Gasteiger partial charge in [0.15, 0.2) is 0 Å². The third-order valence-electron chi connectivity index (χ3n) is 4.98. The average molecular weight is 529 g/mol. The van der Waals surface area contributed by atoms with Crippen molar-refractivity contribution in [3.8, 4) is 5.75 Å². The number of anilines is 2. The lowest BCUT2D eigenvalue weighted by molar-refractivity contribution is -0.113. The normalized spacial score (nSPS) is 10.4. The maximum absolute atomic E-state index is 12.6. The van der Waals surface area contributed by atoms with Crippen molar-refractivity contribution in [2.24, 2.45) is 0 Å². The smallest absolute Gasteiger partial charge is 0.336 e. The van der Waals surface area contributed by atoms with E-state index in [9.17, 15) is 24.3 Å². The molecule has 3 aromatic rings. The number of carbonyl (C=O) groups is 4. The highest BCUT2D eigenvalue weighted by atomic mass is 35.5. The highest BCUT2D eigenvalue weighted by molar-refractivity contribution is 8.00. The zero-order chi connectivity index (χ0) is 26.4. The van der Waals surface area contributed by atoms with E-state index in [0.29, 0.717) is 22.1 Å². The molecule has 0 spiro atoms. The standard InChI is InChI=1S/C25H21ClN2O7S/c1-13-9-20(21(35-2)11-19(13)26)28-22(29)12-36-16-6-4-15(5-7-16)27-23(30)17-8-3-14(24(31)32)10-18(17)25(33)34/h3-11H,12H2,1-2H3,(H,27,30)(H,28,29)(H,31,32)(H,33,34). The number of thioether (sulfide) groups is 1. The number of carbonyl (C=O) groups excluding carboxylic acids is 2. The van der Waals surface area contributed by atoms with Crippen molar-refractivity contribution >= 4 is 58.5 Å². The van der Waals surface area contributed by atoms with Crippen molar-refractivity contribution in [3.63, 3.8) is 0 Å². The maximum atomic E-state index is 12.6. The minimum atomic E-state index is -1.42. The number of carboxylic acids is 2. The Kier molecular flexibility index (Phi) is 8.57. The van der Waals surface area contributed by atoms with E-state index >= 15 is 0 Å². The van der Waals surface area contributed by atoms with Crippen molar-refractivity contribution < 1.29 is 34.1 Å². The van der Waals surface area contributed by atoms with Gasteiger partial charge in [0.1, 0.15) is 5.75 Å². The highest BCUT2D eigenvalue weighted by Gasteiger charge is 2.19. The van der Waals surface area contributed by atoms with Gasteiger partial charge in [-0.15, -0.1) is 11.8 Å². The second-order valence-electron chi connectivity index (χ2n) is 7.49. The number of rotatable bonds is 9. The van der Waals surface area contributed by atoms with Crippen molar-refractivity contribution in [1.82, 2.24) is 0 Å². The number of hydrogen-bond donors (Lipinski definition) is 4. The van der Waals surface area contributed by atoms with Crippen LogP contribution in [-0.4, -0.2) is 46.8 Å². The number of amides is 2. The van der Waals surface area contributed by atoms with Gasteiger partial charge in [-0.2, -0.15) is 0 Å². The number of aromatic carboxylic acids is 2. The molecule has 0 atom stereocenters. The van der Waals surface area contributed by atoms with Crippen LogP contribution in [0, 0.1) is 6.92 Å². The number of halogens is 1. The number of aryl methyl sites for hydroxylation is 1. The highest BCUT2D eigenvalue weighted by Crippen LogP contribution is 2.31. The molecule has 0 radical (unpaired) electrons. The van der Waals surface area contributed by atoms with Crippen LogP contribution in [0.2, 0.25) is 5.02 Å². The molecule has 0 unspecified atom stereocenters. The number of hydrogen-bond acceptors (Lipinski definition) is 6. The minimum absolute atomic E-state index is 0.119. The van der Waals surface area contributed by atoms with E-state index in [1.807, 2.05) is 6.92 Å². The van der Waals surface area contributed by atoms with Crippen LogP contribution < -0.4 is 15.4 Å². The molecule has 36 heavy (non-hydrogen) atoms. The molecule has 11 heteroatoms. The van der Waals surface area contributed by atoms with E-state index < -0.39 is 23.4 Å². The van der Waals surface area contributed by atoms with Crippen molar-refractivity contribution in [2.75, 3.05) is 23.5 Å². The van der Waals surface area contributed by atoms with Crippen LogP contribution in [0.3, 0.4) is 0 Å². The van der Waals surface area contributed by atoms with E-state index in [1.54, 1.807) is 36.4 Å². The Labute approximate surface area is 215 Å². The lowest BCUT2D eigenvalue weighted by Gasteiger charge is -2.12. The summed E-state index contributed by atoms with van der Waals surface area (Å²) in [6.45, 7) is 1.82. The fourth-order valence-electron chi connectivity index (χ4n) is 3.15. The number of ether oxygens (including phenoxy) is 1. The van der Waals surface area contributed by atoms with Crippen LogP contribution in [0.4, 0.5) is 11.4 Å². The lowest BCUT2D eigenvalue weighted by atomic mass is 10.0. The third kappa shape index (κ3) is 6.55. The molecule has 0 aliphatic heterocycles. The molecule has 0 aliphatic carbocycles. The average Bonchev–Trinajstić information content (AvgIpc) is 2.85. The molecule has 0 saturated heterocycles. The lowest BCUT2D eigenvalue weighted by Crippen LogP contribution is -2.17. The topological polar surface area (TPSA) is 142 Å². The molecule has 0 aliphatic rings. The summed E-state index contributed by atoms with van der Waals surface area (Å²) in [6, 6.07) is 13.2. The van der Waals surface area contributed by atoms with E-state index in [-0.39, 0.29) is 22.8 Å². The van der Waals surface area contributed by atoms with E-state index in [2.05, 4.69) is 10.6 Å². The van der Waals surface area contributed by atoms with Crippen LogP contribution >= 0.6 is 23.4 Å². The van der Waals surface area contributed by atoms with Gasteiger partial charge < -0.3 is 25.6 Å². The van der Waals surface area contributed by atoms with Crippen molar-refractivity contribution in [2.45, 2.75) is 11.8 Å². The molecule has 4 N–H and O–H groups in total. The summed E-state index contributed by atoms with van der Waals surface area (Å²) in [5.74, 6) is -3.09. The monoisotopic (exact) mass is 528 g/mol. The third-order valence-corrected chi connectivity index (χ3v) is 6.40. The summed E-state index contributed by atoms with van der Waals surface area (Å²) < 4.78 is 5.26. The Morgan fingerprint density at radius 1 is 0.917 bits per heavy atom. The Morgan fingerprint density at radius 3 is 2.22 bits per heavy atom. The molecular formula is C25H21ClN2O7S. The van der Waals surface area contributed by atoms with Crippen LogP contribution in [-0.2, 0) is 4.79 Å². The Hall–Kier alpha value is -4.02. The predicted octanol–water partition coefficient (Wildman–Crippen LogP) is 5.04. The summed E-state index contributed by atoms with van der Waals surface area (Å²) in [5.41, 5.74) is 0.882. The van der Waals surface area contributed by atoms with E-state index in [1.165, 1.54) is 18.9 Å². The summed E-state index contributed by atoms with van der Waals surface area (Å²) in [5, 5.41) is 24.3. The molecule has 0 heterocycles. The molecule has 3 aromatic carbocycles. The first-order chi connectivity index (χ1) is 17.1. The van der Waals surface area contributed by atoms with Gasteiger partial charge in [0.25, 0.3) is 5.91 Å². The first-order valence-electron chi connectivity index (χ1n) is 10.4. The van der Waals surface area contributed by atoms with Crippen LogP contribution in [0.25, 0.3) is 0 Å². The first-order valence-corrected chi connectivity index (χ1v) is 11.7. The molecule has 2 amide bonds. The second kappa shape index (κ2) is 11.6. The van der Waals surface area contributed by atoms with Crippen molar-refractivity contribution in [3.05, 3.63) is 81.9 Å². The molecule has 0 bridgehead atoms. The molecule has 0 aromatic heterocycles. The van der Waals surface area contributed by atoms with Gasteiger partial charge in [0.05, 0.1) is 35.2 Å². The van der Waals surface area contributed by atoms with Crippen LogP contribution in [0.15, 0.2) is 59.5 Å². The zero-order valence-electron chi connectivity index (χ0n) is 19.1. The number of methoxy groups -OCH3 is 1. The largest absolute Gasteiger partial charge is 0.495 e. The van der Waals surface area contributed by atoms with Gasteiger partial charge in [-0.1, -0.05) is 11.6 Å². The van der Waals surface area contributed by atoms with E-state index in [4.69, 9.17) is 21.4 Å². The van der Waals surface area contributed by atoms with Crippen molar-refractivity contribution in [1.29, 1.82) is 0 Å². The Bertz CT molecular complexity index is 1340. The quantitative estimate of drug-likeness (QED) is 0.283. The minimum Gasteiger partial charge on any atom is -0.495 e. The Morgan fingerprint density at radius 2 is 1.61 bits per heavy atom.